The molecule has 3 N–H and O–H groups in total. The van der Waals surface area contributed by atoms with Crippen molar-refractivity contribution in [2.45, 2.75) is 0 Å². The van der Waals surface area contributed by atoms with E-state index in [-0.39, 0.29) is 13.2 Å². The van der Waals surface area contributed by atoms with Crippen molar-refractivity contribution in [1.29, 1.82) is 0 Å². The van der Waals surface area contributed by atoms with Gasteiger partial charge in [-0.1, -0.05) is 12.1 Å². The number of rotatable bonds is 4. The van der Waals surface area contributed by atoms with Crippen LogP contribution in [0.4, 0.5) is 0 Å². The molecule has 0 saturated carbocycles. The summed E-state index contributed by atoms with van der Waals surface area (Å²) in [4.78, 5) is 0. The van der Waals surface area contributed by atoms with Gasteiger partial charge in [-0.05, 0) is 17.6 Å². The van der Waals surface area contributed by atoms with Crippen LogP contribution in [0.5, 0.6) is 5.75 Å². The maximum Gasteiger partial charge on any atom is 0.488 e. The lowest BCUT2D eigenvalue weighted by Gasteiger charge is -2.05. The summed E-state index contributed by atoms with van der Waals surface area (Å²) in [6.45, 7) is 0.136. The van der Waals surface area contributed by atoms with Crippen molar-refractivity contribution in [2.75, 3.05) is 13.2 Å². The van der Waals surface area contributed by atoms with Gasteiger partial charge in [0.15, 0.2) is 0 Å². The van der Waals surface area contributed by atoms with Crippen molar-refractivity contribution in [3.05, 3.63) is 24.3 Å². The molecule has 0 aliphatic rings. The molecule has 0 heterocycles. The fraction of sp³-hybridized carbons (Fsp3) is 0.250. The molecule has 1 aromatic carbocycles. The minimum absolute atomic E-state index is 0.0636. The van der Waals surface area contributed by atoms with Crippen molar-refractivity contribution >= 4 is 12.6 Å². The van der Waals surface area contributed by atoms with Crippen LogP contribution in [0.15, 0.2) is 24.3 Å². The lowest BCUT2D eigenvalue weighted by Crippen LogP contribution is -2.29. The topological polar surface area (TPSA) is 69.9 Å². The second kappa shape index (κ2) is 4.86. The largest absolute Gasteiger partial charge is 0.491 e. The molecular formula is C8H11BO4. The molecule has 4 nitrogen and oxygen atoms in total. The molecule has 0 aromatic heterocycles. The number of aliphatic hydroxyl groups is 1. The highest BCUT2D eigenvalue weighted by Crippen LogP contribution is 2.06. The van der Waals surface area contributed by atoms with Crippen molar-refractivity contribution < 1.29 is 19.9 Å². The summed E-state index contributed by atoms with van der Waals surface area (Å²) in [7, 11) is -1.49. The van der Waals surface area contributed by atoms with Gasteiger partial charge in [0.05, 0.1) is 6.61 Å². The quantitative estimate of drug-likeness (QED) is 0.508. The van der Waals surface area contributed by atoms with Crippen LogP contribution in [0.3, 0.4) is 0 Å². The van der Waals surface area contributed by atoms with Crippen molar-refractivity contribution in [2.24, 2.45) is 0 Å². The van der Waals surface area contributed by atoms with E-state index in [0.717, 1.165) is 0 Å². The Morgan fingerprint density at radius 2 is 2.08 bits per heavy atom. The summed E-state index contributed by atoms with van der Waals surface area (Å²) in [6.07, 6.45) is 0. The van der Waals surface area contributed by atoms with Crippen LogP contribution in [0.25, 0.3) is 0 Å². The summed E-state index contributed by atoms with van der Waals surface area (Å²) in [5.41, 5.74) is 0.371. The fourth-order valence-corrected chi connectivity index (χ4v) is 0.928. The van der Waals surface area contributed by atoms with Gasteiger partial charge in [-0.15, -0.1) is 0 Å². The van der Waals surface area contributed by atoms with Crippen LogP contribution in [-0.4, -0.2) is 35.5 Å². The van der Waals surface area contributed by atoms with Crippen LogP contribution in [-0.2, 0) is 0 Å². The third-order valence-electron chi connectivity index (χ3n) is 1.52. The van der Waals surface area contributed by atoms with Crippen LogP contribution >= 0.6 is 0 Å². The van der Waals surface area contributed by atoms with Crippen molar-refractivity contribution in [3.63, 3.8) is 0 Å². The number of hydrogen-bond donors (Lipinski definition) is 3. The van der Waals surface area contributed by atoms with Gasteiger partial charge >= 0.3 is 7.12 Å². The lowest BCUT2D eigenvalue weighted by atomic mass is 9.80. The van der Waals surface area contributed by atoms with E-state index in [2.05, 4.69) is 0 Å². The van der Waals surface area contributed by atoms with E-state index in [0.29, 0.717) is 11.2 Å². The Morgan fingerprint density at radius 3 is 2.69 bits per heavy atom. The molecule has 0 unspecified atom stereocenters. The van der Waals surface area contributed by atoms with E-state index in [1.54, 1.807) is 18.2 Å². The maximum absolute atomic E-state index is 8.82. The second-order valence-electron chi connectivity index (χ2n) is 2.52. The molecule has 0 atom stereocenters. The zero-order valence-electron chi connectivity index (χ0n) is 7.05. The minimum atomic E-state index is -1.49. The van der Waals surface area contributed by atoms with Gasteiger partial charge in [0.25, 0.3) is 0 Å². The zero-order valence-corrected chi connectivity index (χ0v) is 7.05. The predicted molar refractivity (Wildman–Crippen MR) is 48.8 cm³/mol. The molecular weight excluding hydrogens is 171 g/mol. The van der Waals surface area contributed by atoms with E-state index in [4.69, 9.17) is 19.9 Å². The second-order valence-corrected chi connectivity index (χ2v) is 2.52. The number of hydrogen-bond acceptors (Lipinski definition) is 4. The van der Waals surface area contributed by atoms with Crippen LogP contribution < -0.4 is 10.2 Å². The Hall–Kier alpha value is -1.04. The van der Waals surface area contributed by atoms with Gasteiger partial charge in [0.2, 0.25) is 0 Å². The first-order valence-electron chi connectivity index (χ1n) is 3.94. The summed E-state index contributed by atoms with van der Waals surface area (Å²) in [5, 5.41) is 26.1. The van der Waals surface area contributed by atoms with Crippen molar-refractivity contribution in [1.82, 2.24) is 0 Å². The molecule has 0 amide bonds. The Morgan fingerprint density at radius 1 is 1.31 bits per heavy atom. The van der Waals surface area contributed by atoms with Crippen LogP contribution in [0, 0.1) is 0 Å². The normalized spacial score (nSPS) is 9.77. The Balaban J connectivity index is 2.68. The molecule has 0 spiro atoms. The number of benzene rings is 1. The Bertz CT molecular complexity index is 264. The van der Waals surface area contributed by atoms with Gasteiger partial charge in [-0.25, -0.2) is 0 Å². The maximum atomic E-state index is 8.82. The highest BCUT2D eigenvalue weighted by atomic mass is 16.5. The SMILES string of the molecule is OCCOc1cccc(B(O)O)c1. The first kappa shape index (κ1) is 10.0. The number of ether oxygens (including phenoxy) is 1. The van der Waals surface area contributed by atoms with E-state index >= 15 is 0 Å². The fourth-order valence-electron chi connectivity index (χ4n) is 0.928. The zero-order chi connectivity index (χ0) is 9.68. The molecule has 1 aromatic rings. The van der Waals surface area contributed by atoms with Crippen LogP contribution in [0.2, 0.25) is 0 Å². The van der Waals surface area contributed by atoms with E-state index < -0.39 is 7.12 Å². The molecule has 5 heteroatoms. The van der Waals surface area contributed by atoms with Gasteiger partial charge in [0, 0.05) is 0 Å². The van der Waals surface area contributed by atoms with Gasteiger partial charge in [-0.2, -0.15) is 0 Å². The van der Waals surface area contributed by atoms with Crippen molar-refractivity contribution in [3.8, 4) is 5.75 Å². The Kier molecular flexibility index (Phi) is 3.76. The minimum Gasteiger partial charge on any atom is -0.491 e. The van der Waals surface area contributed by atoms with Gasteiger partial charge in [-0.3, -0.25) is 0 Å². The molecule has 70 valence electrons. The summed E-state index contributed by atoms with van der Waals surface area (Å²) >= 11 is 0. The molecule has 1 rings (SSSR count). The highest BCUT2D eigenvalue weighted by molar-refractivity contribution is 6.58. The molecule has 0 bridgehead atoms. The summed E-state index contributed by atoms with van der Waals surface area (Å²) in [5.74, 6) is 0.514. The third-order valence-corrected chi connectivity index (χ3v) is 1.52. The molecule has 0 fully saturated rings. The van der Waals surface area contributed by atoms with E-state index in [9.17, 15) is 0 Å². The molecule has 0 aliphatic heterocycles. The average molecular weight is 182 g/mol. The summed E-state index contributed by atoms with van der Waals surface area (Å²) < 4.78 is 5.07. The molecule has 13 heavy (non-hydrogen) atoms. The first-order valence-corrected chi connectivity index (χ1v) is 3.94. The summed E-state index contributed by atoms with van der Waals surface area (Å²) in [6, 6.07) is 6.43. The standard InChI is InChI=1S/C8H11BO4/c10-4-5-13-8-3-1-2-7(6-8)9(11)12/h1-3,6,10-12H,4-5H2. The smallest absolute Gasteiger partial charge is 0.488 e. The van der Waals surface area contributed by atoms with Gasteiger partial charge < -0.3 is 19.9 Å². The van der Waals surface area contributed by atoms with E-state index in [1.807, 2.05) is 0 Å². The highest BCUT2D eigenvalue weighted by Gasteiger charge is 2.10. The number of aliphatic hydroxyl groups excluding tert-OH is 1. The molecule has 0 aliphatic carbocycles. The Labute approximate surface area is 76.6 Å². The third kappa shape index (κ3) is 3.06. The molecule has 0 radical (unpaired) electrons. The van der Waals surface area contributed by atoms with Crippen LogP contribution in [0.1, 0.15) is 0 Å². The predicted octanol–water partition coefficient (Wildman–Crippen LogP) is -1.26. The monoisotopic (exact) mass is 182 g/mol. The first-order chi connectivity index (χ1) is 6.24. The molecule has 0 saturated heterocycles. The van der Waals surface area contributed by atoms with Gasteiger partial charge in [0.1, 0.15) is 12.4 Å². The van der Waals surface area contributed by atoms with E-state index in [1.165, 1.54) is 6.07 Å². The lowest BCUT2D eigenvalue weighted by molar-refractivity contribution is 0.201. The average Bonchev–Trinajstić information content (AvgIpc) is 2.15.